The molecule has 0 unspecified atom stereocenters. The zero-order valence-electron chi connectivity index (χ0n) is 9.54. The Morgan fingerprint density at radius 3 is 1.65 bits per heavy atom. The Morgan fingerprint density at radius 1 is 0.824 bits per heavy atom. The third kappa shape index (κ3) is 3.47. The molecule has 0 aliphatic rings. The second-order valence-electron chi connectivity index (χ2n) is 3.19. The van der Waals surface area contributed by atoms with Gasteiger partial charge in [0.15, 0.2) is 0 Å². The van der Waals surface area contributed by atoms with E-state index in [-0.39, 0.29) is 0 Å². The highest BCUT2D eigenvalue weighted by molar-refractivity contribution is 7.98. The summed E-state index contributed by atoms with van der Waals surface area (Å²) in [6.45, 7) is 0. The summed E-state index contributed by atoms with van der Waals surface area (Å²) in [5, 5.41) is 16.8. The van der Waals surface area contributed by atoms with Gasteiger partial charge >= 0.3 is 0 Å². The third-order valence-electron chi connectivity index (χ3n) is 2.03. The molecule has 0 N–H and O–H groups in total. The van der Waals surface area contributed by atoms with Crippen LogP contribution in [0.25, 0.3) is 0 Å². The fourth-order valence-corrected chi connectivity index (χ4v) is 1.84. The minimum absolute atomic E-state index is 0.599. The van der Waals surface area contributed by atoms with E-state index in [9.17, 15) is 0 Å². The molecular formula is C9H12N4O2S2. The van der Waals surface area contributed by atoms with E-state index in [1.165, 1.54) is 23.5 Å². The van der Waals surface area contributed by atoms with E-state index < -0.39 is 0 Å². The average molecular weight is 272 g/mol. The summed E-state index contributed by atoms with van der Waals surface area (Å²) < 4.78 is 10.7. The monoisotopic (exact) mass is 272 g/mol. The minimum Gasteiger partial charge on any atom is -0.416 e. The Bertz CT molecular complexity index is 429. The molecule has 0 saturated heterocycles. The van der Waals surface area contributed by atoms with Crippen LogP contribution in [0, 0.1) is 0 Å². The zero-order valence-corrected chi connectivity index (χ0v) is 11.2. The maximum Gasteiger partial charge on any atom is 0.276 e. The van der Waals surface area contributed by atoms with Gasteiger partial charge < -0.3 is 8.83 Å². The highest BCUT2D eigenvalue weighted by Crippen LogP contribution is 2.15. The van der Waals surface area contributed by atoms with E-state index in [2.05, 4.69) is 20.4 Å². The van der Waals surface area contributed by atoms with E-state index in [4.69, 9.17) is 8.83 Å². The van der Waals surface area contributed by atoms with Gasteiger partial charge in [-0.3, -0.25) is 0 Å². The van der Waals surface area contributed by atoms with Crippen LogP contribution in [-0.4, -0.2) is 32.9 Å². The van der Waals surface area contributed by atoms with Gasteiger partial charge in [-0.2, -0.15) is 0 Å². The molecule has 0 fully saturated rings. The number of rotatable bonds is 6. The quantitative estimate of drug-likeness (QED) is 0.739. The molecular weight excluding hydrogens is 260 g/mol. The fraction of sp³-hybridized carbons (Fsp3) is 0.556. The van der Waals surface area contributed by atoms with Gasteiger partial charge in [-0.1, -0.05) is 23.5 Å². The van der Waals surface area contributed by atoms with Crippen molar-refractivity contribution in [2.75, 3.05) is 12.5 Å². The van der Waals surface area contributed by atoms with Gasteiger partial charge in [-0.15, -0.1) is 20.4 Å². The van der Waals surface area contributed by atoms with Gasteiger partial charge in [-0.05, 0) is 18.9 Å². The highest BCUT2D eigenvalue weighted by atomic mass is 32.2. The first-order valence-corrected chi connectivity index (χ1v) is 7.49. The van der Waals surface area contributed by atoms with Crippen molar-refractivity contribution in [2.45, 2.75) is 29.7 Å². The lowest BCUT2D eigenvalue weighted by molar-refractivity contribution is 0.392. The maximum absolute atomic E-state index is 5.37. The summed E-state index contributed by atoms with van der Waals surface area (Å²) >= 11 is 2.88. The van der Waals surface area contributed by atoms with E-state index in [1.54, 1.807) is 0 Å². The van der Waals surface area contributed by atoms with Crippen LogP contribution in [0.1, 0.15) is 18.2 Å². The van der Waals surface area contributed by atoms with Crippen molar-refractivity contribution in [1.29, 1.82) is 0 Å². The normalized spacial score (nSPS) is 10.9. The molecule has 0 bridgehead atoms. The summed E-state index contributed by atoms with van der Waals surface area (Å²) in [5.41, 5.74) is 0. The van der Waals surface area contributed by atoms with Gasteiger partial charge in [0.1, 0.15) is 0 Å². The van der Waals surface area contributed by atoms with Crippen molar-refractivity contribution in [2.24, 2.45) is 0 Å². The molecule has 0 saturated carbocycles. The van der Waals surface area contributed by atoms with Gasteiger partial charge in [0.2, 0.25) is 11.8 Å². The van der Waals surface area contributed by atoms with E-state index in [1.807, 2.05) is 12.5 Å². The standard InChI is InChI=1S/C9H12N4O2S2/c1-16-8-12-10-6(14-8)4-3-5-7-11-13-9(15-7)17-2/h3-5H2,1-2H3. The fourth-order valence-electron chi connectivity index (χ4n) is 1.23. The van der Waals surface area contributed by atoms with Crippen molar-refractivity contribution < 1.29 is 8.83 Å². The molecule has 0 spiro atoms. The van der Waals surface area contributed by atoms with E-state index in [0.717, 1.165) is 19.3 Å². The average Bonchev–Trinajstić information content (AvgIpc) is 2.97. The molecule has 0 atom stereocenters. The zero-order chi connectivity index (χ0) is 12.1. The molecule has 0 amide bonds. The number of aryl methyl sites for hydroxylation is 2. The van der Waals surface area contributed by atoms with Crippen LogP contribution in [0.3, 0.4) is 0 Å². The summed E-state index contributed by atoms with van der Waals surface area (Å²) in [7, 11) is 0. The Kier molecular flexibility index (Phi) is 4.43. The summed E-state index contributed by atoms with van der Waals surface area (Å²) in [6.07, 6.45) is 6.11. The molecule has 6 nitrogen and oxygen atoms in total. The van der Waals surface area contributed by atoms with Crippen LogP contribution >= 0.6 is 23.5 Å². The number of nitrogens with zero attached hydrogens (tertiary/aromatic N) is 4. The molecule has 0 radical (unpaired) electrons. The number of aromatic nitrogens is 4. The molecule has 8 heteroatoms. The van der Waals surface area contributed by atoms with Crippen molar-refractivity contribution in [3.8, 4) is 0 Å². The molecule has 0 aromatic carbocycles. The van der Waals surface area contributed by atoms with Gasteiger partial charge in [0.05, 0.1) is 0 Å². The first-order valence-electron chi connectivity index (χ1n) is 5.04. The molecule has 2 aromatic heterocycles. The topological polar surface area (TPSA) is 77.8 Å². The molecule has 17 heavy (non-hydrogen) atoms. The summed E-state index contributed by atoms with van der Waals surface area (Å²) in [4.78, 5) is 0. The summed E-state index contributed by atoms with van der Waals surface area (Å²) in [5.74, 6) is 1.30. The lowest BCUT2D eigenvalue weighted by Crippen LogP contribution is -1.90. The second-order valence-corrected chi connectivity index (χ2v) is 4.70. The predicted octanol–water partition coefficient (Wildman–Crippen LogP) is 2.07. The molecule has 92 valence electrons. The largest absolute Gasteiger partial charge is 0.416 e. The predicted molar refractivity (Wildman–Crippen MR) is 64.2 cm³/mol. The maximum atomic E-state index is 5.37. The third-order valence-corrected chi connectivity index (χ3v) is 3.06. The molecule has 0 aliphatic heterocycles. The van der Waals surface area contributed by atoms with Crippen molar-refractivity contribution in [1.82, 2.24) is 20.4 Å². The SMILES string of the molecule is CSc1nnc(CCCc2nnc(SC)o2)o1. The Balaban J connectivity index is 1.79. The van der Waals surface area contributed by atoms with Crippen LogP contribution < -0.4 is 0 Å². The Morgan fingerprint density at radius 2 is 1.29 bits per heavy atom. The molecule has 2 rings (SSSR count). The molecule has 0 aliphatic carbocycles. The lowest BCUT2D eigenvalue weighted by atomic mass is 10.2. The smallest absolute Gasteiger partial charge is 0.276 e. The van der Waals surface area contributed by atoms with Crippen LogP contribution in [0.15, 0.2) is 19.3 Å². The van der Waals surface area contributed by atoms with Gasteiger partial charge in [-0.25, -0.2) is 0 Å². The van der Waals surface area contributed by atoms with Crippen LogP contribution in [0.4, 0.5) is 0 Å². The number of hydrogen-bond donors (Lipinski definition) is 0. The van der Waals surface area contributed by atoms with Crippen molar-refractivity contribution >= 4 is 23.5 Å². The highest BCUT2D eigenvalue weighted by Gasteiger charge is 2.07. The van der Waals surface area contributed by atoms with Crippen LogP contribution in [0.5, 0.6) is 0 Å². The molecule has 2 heterocycles. The number of hydrogen-bond acceptors (Lipinski definition) is 8. The van der Waals surface area contributed by atoms with Crippen molar-refractivity contribution in [3.63, 3.8) is 0 Å². The second kappa shape index (κ2) is 6.06. The van der Waals surface area contributed by atoms with Gasteiger partial charge in [0, 0.05) is 12.8 Å². The Labute approximate surface area is 107 Å². The van der Waals surface area contributed by atoms with Gasteiger partial charge in [0.25, 0.3) is 10.4 Å². The summed E-state index contributed by atoms with van der Waals surface area (Å²) in [6, 6.07) is 0. The van der Waals surface area contributed by atoms with Crippen molar-refractivity contribution in [3.05, 3.63) is 11.8 Å². The minimum atomic E-state index is 0.599. The number of thioether (sulfide) groups is 2. The molecule has 2 aromatic rings. The van der Waals surface area contributed by atoms with E-state index in [0.29, 0.717) is 22.2 Å². The van der Waals surface area contributed by atoms with Crippen LogP contribution in [-0.2, 0) is 12.8 Å². The first kappa shape index (κ1) is 12.4. The van der Waals surface area contributed by atoms with E-state index >= 15 is 0 Å². The Hall–Kier alpha value is -1.02. The van der Waals surface area contributed by atoms with Crippen LogP contribution in [0.2, 0.25) is 0 Å². The lowest BCUT2D eigenvalue weighted by Gasteiger charge is -1.92. The first-order chi connectivity index (χ1) is 8.31.